The van der Waals surface area contributed by atoms with E-state index in [-0.39, 0.29) is 10.8 Å². The fraction of sp³-hybridized carbons (Fsp3) is 0.333. The van der Waals surface area contributed by atoms with E-state index < -0.39 is 10.0 Å². The third-order valence-electron chi connectivity index (χ3n) is 5.71. The Kier molecular flexibility index (Phi) is 6.43. The van der Waals surface area contributed by atoms with Gasteiger partial charge in [-0.3, -0.25) is 9.48 Å². The van der Waals surface area contributed by atoms with Gasteiger partial charge in [0.15, 0.2) is 0 Å². The van der Waals surface area contributed by atoms with Gasteiger partial charge in [-0.1, -0.05) is 26.0 Å². The predicted octanol–water partition coefficient (Wildman–Crippen LogP) is 3.85. The first-order chi connectivity index (χ1) is 15.3. The maximum Gasteiger partial charge on any atom is 0.255 e. The highest BCUT2D eigenvalue weighted by Crippen LogP contribution is 2.27. The van der Waals surface area contributed by atoms with Gasteiger partial charge in [0.1, 0.15) is 0 Å². The van der Waals surface area contributed by atoms with Gasteiger partial charge in [0, 0.05) is 36.7 Å². The van der Waals surface area contributed by atoms with Gasteiger partial charge in [0.25, 0.3) is 5.91 Å². The lowest BCUT2D eigenvalue weighted by molar-refractivity contribution is 0.102. The van der Waals surface area contributed by atoms with Gasteiger partial charge in [-0.2, -0.15) is 9.40 Å². The van der Waals surface area contributed by atoms with Crippen molar-refractivity contribution >= 4 is 21.6 Å². The molecule has 1 N–H and O–H groups in total. The largest absolute Gasteiger partial charge is 0.322 e. The fourth-order valence-corrected chi connectivity index (χ4v) is 5.89. The van der Waals surface area contributed by atoms with E-state index in [1.54, 1.807) is 46.9 Å². The zero-order valence-corrected chi connectivity index (χ0v) is 19.1. The number of aromatic nitrogens is 2. The number of amides is 1. The van der Waals surface area contributed by atoms with Gasteiger partial charge in [-0.15, -0.1) is 0 Å². The molecule has 0 spiro atoms. The van der Waals surface area contributed by atoms with Crippen LogP contribution < -0.4 is 5.32 Å². The van der Waals surface area contributed by atoms with Crippen LogP contribution in [0.2, 0.25) is 0 Å². The molecule has 4 rings (SSSR count). The minimum absolute atomic E-state index is 0.245. The number of carbonyl (C=O) groups excluding carboxylic acids is 1. The average molecular weight is 453 g/mol. The topological polar surface area (TPSA) is 84.3 Å². The molecule has 1 aromatic heterocycles. The van der Waals surface area contributed by atoms with Gasteiger partial charge in [0.05, 0.1) is 11.4 Å². The molecule has 32 heavy (non-hydrogen) atoms. The Morgan fingerprint density at radius 2 is 1.69 bits per heavy atom. The summed E-state index contributed by atoms with van der Waals surface area (Å²) in [4.78, 5) is 12.8. The molecule has 0 aliphatic carbocycles. The van der Waals surface area contributed by atoms with Crippen molar-refractivity contribution in [2.45, 2.75) is 31.7 Å². The van der Waals surface area contributed by atoms with Gasteiger partial charge in [-0.05, 0) is 66.3 Å². The molecule has 0 bridgehead atoms. The number of nitrogens with zero attached hydrogens (tertiary/aromatic N) is 3. The Balaban J connectivity index is 1.40. The molecule has 1 saturated heterocycles. The van der Waals surface area contributed by atoms with Crippen molar-refractivity contribution in [2.75, 3.05) is 18.4 Å². The summed E-state index contributed by atoms with van der Waals surface area (Å²) < 4.78 is 29.4. The zero-order valence-electron chi connectivity index (χ0n) is 18.3. The fourth-order valence-electron chi connectivity index (χ4n) is 4.21. The van der Waals surface area contributed by atoms with Crippen molar-refractivity contribution in [3.63, 3.8) is 0 Å². The number of benzene rings is 2. The lowest BCUT2D eigenvalue weighted by atomic mass is 9.94. The number of nitrogens with one attached hydrogen (secondary N) is 1. The van der Waals surface area contributed by atoms with Gasteiger partial charge < -0.3 is 5.32 Å². The molecular formula is C24H28N4O3S. The molecule has 1 aliphatic rings. The van der Waals surface area contributed by atoms with Crippen LogP contribution in [-0.2, 0) is 16.6 Å². The molecule has 2 unspecified atom stereocenters. The van der Waals surface area contributed by atoms with E-state index in [4.69, 9.17) is 0 Å². The molecule has 0 radical (unpaired) electrons. The molecule has 1 amide bonds. The molecule has 1 fully saturated rings. The van der Waals surface area contributed by atoms with Crippen LogP contribution >= 0.6 is 0 Å². The molecule has 7 nitrogen and oxygen atoms in total. The first-order valence-corrected chi connectivity index (χ1v) is 12.2. The summed E-state index contributed by atoms with van der Waals surface area (Å²) in [7, 11) is -3.54. The van der Waals surface area contributed by atoms with Crippen molar-refractivity contribution in [2.24, 2.45) is 11.8 Å². The number of anilines is 1. The van der Waals surface area contributed by atoms with Crippen LogP contribution in [0.15, 0.2) is 71.9 Å². The lowest BCUT2D eigenvalue weighted by Gasteiger charge is -2.34. The number of hydrogen-bond acceptors (Lipinski definition) is 4. The van der Waals surface area contributed by atoms with Crippen molar-refractivity contribution < 1.29 is 13.2 Å². The number of piperidine rings is 1. The maximum atomic E-state index is 13.0. The highest BCUT2D eigenvalue weighted by atomic mass is 32.2. The van der Waals surface area contributed by atoms with E-state index in [0.29, 0.717) is 42.7 Å². The van der Waals surface area contributed by atoms with Crippen LogP contribution in [0.3, 0.4) is 0 Å². The maximum absolute atomic E-state index is 13.0. The summed E-state index contributed by atoms with van der Waals surface area (Å²) in [6, 6.07) is 15.6. The molecule has 1 aliphatic heterocycles. The smallest absolute Gasteiger partial charge is 0.255 e. The quantitative estimate of drug-likeness (QED) is 0.616. The monoisotopic (exact) mass is 452 g/mol. The van der Waals surface area contributed by atoms with E-state index >= 15 is 0 Å². The first-order valence-electron chi connectivity index (χ1n) is 10.8. The Labute approximate surface area is 189 Å². The van der Waals surface area contributed by atoms with Gasteiger partial charge in [0.2, 0.25) is 10.0 Å². The van der Waals surface area contributed by atoms with Crippen molar-refractivity contribution in [1.29, 1.82) is 0 Å². The summed E-state index contributed by atoms with van der Waals surface area (Å²) in [6.07, 6.45) is 4.66. The van der Waals surface area contributed by atoms with Crippen molar-refractivity contribution in [1.82, 2.24) is 14.1 Å². The van der Waals surface area contributed by atoms with Crippen LogP contribution in [0.1, 0.15) is 36.2 Å². The molecule has 2 atom stereocenters. The second kappa shape index (κ2) is 9.26. The minimum Gasteiger partial charge on any atom is -0.322 e. The van der Waals surface area contributed by atoms with E-state index in [1.165, 1.54) is 0 Å². The number of carbonyl (C=O) groups is 1. The Hall–Kier alpha value is -2.97. The molecule has 2 heterocycles. The zero-order chi connectivity index (χ0) is 22.7. The standard InChI is InChI=1S/C24H28N4O3S/c1-18-14-19(2)16-28(15-18)32(30,31)23-10-8-22(9-11-23)26-24(29)21-6-4-20(5-7-21)17-27-13-3-12-25-27/h3-13,18-19H,14-17H2,1-2H3,(H,26,29). The molecular weight excluding hydrogens is 424 g/mol. The third-order valence-corrected chi connectivity index (χ3v) is 7.55. The average Bonchev–Trinajstić information content (AvgIpc) is 3.27. The van der Waals surface area contributed by atoms with Crippen LogP contribution in [0, 0.1) is 11.8 Å². The lowest BCUT2D eigenvalue weighted by Crippen LogP contribution is -2.42. The van der Waals surface area contributed by atoms with Crippen LogP contribution in [0.25, 0.3) is 0 Å². The second-order valence-corrected chi connectivity index (χ2v) is 10.6. The summed E-state index contributed by atoms with van der Waals surface area (Å²) in [5.41, 5.74) is 2.12. The highest BCUT2D eigenvalue weighted by Gasteiger charge is 2.31. The number of sulfonamides is 1. The van der Waals surface area contributed by atoms with E-state index in [1.807, 2.05) is 29.1 Å². The van der Waals surface area contributed by atoms with Gasteiger partial charge >= 0.3 is 0 Å². The van der Waals surface area contributed by atoms with Crippen molar-refractivity contribution in [3.8, 4) is 0 Å². The van der Waals surface area contributed by atoms with Crippen LogP contribution in [0.4, 0.5) is 5.69 Å². The number of hydrogen-bond donors (Lipinski definition) is 1. The van der Waals surface area contributed by atoms with Crippen molar-refractivity contribution in [3.05, 3.63) is 78.1 Å². The molecule has 2 aromatic carbocycles. The number of rotatable bonds is 6. The van der Waals surface area contributed by atoms with E-state index in [0.717, 1.165) is 12.0 Å². The molecule has 168 valence electrons. The Bertz CT molecular complexity index is 1150. The summed E-state index contributed by atoms with van der Waals surface area (Å²) >= 11 is 0. The van der Waals surface area contributed by atoms with Crippen LogP contribution in [0.5, 0.6) is 0 Å². The predicted molar refractivity (Wildman–Crippen MR) is 124 cm³/mol. The van der Waals surface area contributed by atoms with Crippen LogP contribution in [-0.4, -0.2) is 41.5 Å². The first kappa shape index (κ1) is 22.2. The molecule has 0 saturated carbocycles. The third kappa shape index (κ3) is 5.08. The van der Waals surface area contributed by atoms with E-state index in [2.05, 4.69) is 24.3 Å². The van der Waals surface area contributed by atoms with Gasteiger partial charge in [-0.25, -0.2) is 8.42 Å². The Morgan fingerprint density at radius 1 is 1.03 bits per heavy atom. The molecule has 8 heteroatoms. The second-order valence-electron chi connectivity index (χ2n) is 8.65. The summed E-state index contributed by atoms with van der Waals surface area (Å²) in [5, 5.41) is 7.01. The van der Waals surface area contributed by atoms with E-state index in [9.17, 15) is 13.2 Å². The minimum atomic E-state index is -3.54. The summed E-state index contributed by atoms with van der Waals surface area (Å²) in [5.74, 6) is 0.445. The highest BCUT2D eigenvalue weighted by molar-refractivity contribution is 7.89. The molecule has 3 aromatic rings. The summed E-state index contributed by atoms with van der Waals surface area (Å²) in [6.45, 7) is 5.89. The SMILES string of the molecule is CC1CC(C)CN(S(=O)(=O)c2ccc(NC(=O)c3ccc(Cn4cccn4)cc3)cc2)C1. The normalized spacial score (nSPS) is 19.6. The Morgan fingerprint density at radius 3 is 2.28 bits per heavy atom.